The number of benzene rings is 2. The molecule has 0 radical (unpaired) electrons. The maximum atomic E-state index is 12.8. The standard InChI is InChI=1S/C20H22ClN3O4S/c1-15-2-4-16(5-3-15)8-9-22-20(25)23-19-14-17(6-7-18(19)21)29(26,27)24-10-12-28-13-11-24/h2-9,14H,10-13H2,1H3,(H2,22,23,25)/b9-8+. The maximum absolute atomic E-state index is 12.8. The van der Waals surface area contributed by atoms with Crippen LogP contribution in [0.4, 0.5) is 10.5 Å². The highest BCUT2D eigenvalue weighted by Crippen LogP contribution is 2.27. The summed E-state index contributed by atoms with van der Waals surface area (Å²) >= 11 is 6.13. The summed E-state index contributed by atoms with van der Waals surface area (Å²) in [7, 11) is -3.68. The van der Waals surface area contributed by atoms with Gasteiger partial charge in [0.05, 0.1) is 28.8 Å². The lowest BCUT2D eigenvalue weighted by Crippen LogP contribution is -2.40. The molecule has 3 rings (SSSR count). The Labute approximate surface area is 175 Å². The van der Waals surface area contributed by atoms with Crippen molar-refractivity contribution in [2.75, 3.05) is 31.6 Å². The van der Waals surface area contributed by atoms with Gasteiger partial charge >= 0.3 is 6.03 Å². The van der Waals surface area contributed by atoms with Gasteiger partial charge in [-0.15, -0.1) is 0 Å². The zero-order chi connectivity index (χ0) is 20.9. The van der Waals surface area contributed by atoms with Crippen LogP contribution in [-0.4, -0.2) is 45.1 Å². The predicted octanol–water partition coefficient (Wildman–Crippen LogP) is 3.46. The first-order chi connectivity index (χ1) is 13.9. The molecule has 7 nitrogen and oxygen atoms in total. The number of morpholine rings is 1. The van der Waals surface area contributed by atoms with Gasteiger partial charge < -0.3 is 15.4 Å². The summed E-state index contributed by atoms with van der Waals surface area (Å²) in [5.74, 6) is 0. The second-order valence-corrected chi connectivity index (χ2v) is 8.85. The van der Waals surface area contributed by atoms with Crippen molar-refractivity contribution in [1.82, 2.24) is 9.62 Å². The fourth-order valence-corrected chi connectivity index (χ4v) is 4.35. The molecule has 29 heavy (non-hydrogen) atoms. The van der Waals surface area contributed by atoms with Crippen molar-refractivity contribution < 1.29 is 17.9 Å². The summed E-state index contributed by atoms with van der Waals surface area (Å²) in [5.41, 5.74) is 2.30. The minimum atomic E-state index is -3.68. The summed E-state index contributed by atoms with van der Waals surface area (Å²) < 4.78 is 32.1. The van der Waals surface area contributed by atoms with E-state index in [-0.39, 0.29) is 28.7 Å². The molecule has 1 aliphatic heterocycles. The topological polar surface area (TPSA) is 87.7 Å². The number of nitrogens with zero attached hydrogens (tertiary/aromatic N) is 1. The summed E-state index contributed by atoms with van der Waals surface area (Å²) in [5, 5.41) is 5.40. The van der Waals surface area contributed by atoms with Gasteiger partial charge in [0.15, 0.2) is 0 Å². The molecule has 1 saturated heterocycles. The van der Waals surface area contributed by atoms with Crippen molar-refractivity contribution in [1.29, 1.82) is 0 Å². The molecule has 0 spiro atoms. The summed E-state index contributed by atoms with van der Waals surface area (Å²) in [6.07, 6.45) is 3.25. The Balaban J connectivity index is 1.67. The number of hydrogen-bond donors (Lipinski definition) is 2. The van der Waals surface area contributed by atoms with E-state index in [1.807, 2.05) is 31.2 Å². The minimum Gasteiger partial charge on any atom is -0.379 e. The van der Waals surface area contributed by atoms with Crippen molar-refractivity contribution in [3.8, 4) is 0 Å². The first kappa shape index (κ1) is 21.3. The fourth-order valence-electron chi connectivity index (χ4n) is 2.75. The maximum Gasteiger partial charge on any atom is 0.323 e. The average Bonchev–Trinajstić information content (AvgIpc) is 2.71. The van der Waals surface area contributed by atoms with Gasteiger partial charge in [0, 0.05) is 19.3 Å². The number of rotatable bonds is 5. The largest absolute Gasteiger partial charge is 0.379 e. The highest BCUT2D eigenvalue weighted by atomic mass is 35.5. The Morgan fingerprint density at radius 3 is 2.52 bits per heavy atom. The van der Waals surface area contributed by atoms with E-state index in [4.69, 9.17) is 16.3 Å². The van der Waals surface area contributed by atoms with E-state index in [0.29, 0.717) is 13.2 Å². The molecule has 2 N–H and O–H groups in total. The predicted molar refractivity (Wildman–Crippen MR) is 113 cm³/mol. The van der Waals surface area contributed by atoms with Gasteiger partial charge in [-0.3, -0.25) is 0 Å². The first-order valence-electron chi connectivity index (χ1n) is 9.04. The third-order valence-electron chi connectivity index (χ3n) is 4.36. The summed E-state index contributed by atoms with van der Waals surface area (Å²) in [6, 6.07) is 11.5. The molecule has 0 saturated carbocycles. The van der Waals surface area contributed by atoms with Gasteiger partial charge in [0.1, 0.15) is 0 Å². The summed E-state index contributed by atoms with van der Waals surface area (Å²) in [4.78, 5) is 12.2. The van der Waals surface area contributed by atoms with Crippen LogP contribution >= 0.6 is 11.6 Å². The van der Waals surface area contributed by atoms with Gasteiger partial charge in [-0.05, 0) is 36.8 Å². The molecule has 0 bridgehead atoms. The number of nitrogens with one attached hydrogen (secondary N) is 2. The minimum absolute atomic E-state index is 0.0642. The van der Waals surface area contributed by atoms with E-state index in [9.17, 15) is 13.2 Å². The molecule has 2 amide bonds. The highest BCUT2D eigenvalue weighted by molar-refractivity contribution is 7.89. The average molecular weight is 436 g/mol. The molecule has 0 aliphatic carbocycles. The van der Waals surface area contributed by atoms with Crippen LogP contribution in [0.5, 0.6) is 0 Å². The van der Waals surface area contributed by atoms with Crippen molar-refractivity contribution in [2.24, 2.45) is 0 Å². The number of anilines is 1. The van der Waals surface area contributed by atoms with Crippen LogP contribution in [0.1, 0.15) is 11.1 Å². The van der Waals surface area contributed by atoms with Gasteiger partial charge in [0.2, 0.25) is 10.0 Å². The van der Waals surface area contributed by atoms with E-state index < -0.39 is 16.1 Å². The molecule has 0 atom stereocenters. The van der Waals surface area contributed by atoms with E-state index >= 15 is 0 Å². The number of halogens is 1. The van der Waals surface area contributed by atoms with Crippen LogP contribution in [0.2, 0.25) is 5.02 Å². The molecule has 0 aromatic heterocycles. The van der Waals surface area contributed by atoms with E-state index in [1.165, 1.54) is 28.7 Å². The molecular formula is C20H22ClN3O4S. The molecule has 1 fully saturated rings. The number of carbonyl (C=O) groups excluding carboxylic acids is 1. The van der Waals surface area contributed by atoms with Crippen LogP contribution in [0.25, 0.3) is 6.08 Å². The number of ether oxygens (including phenoxy) is 1. The molecule has 154 valence electrons. The lowest BCUT2D eigenvalue weighted by Gasteiger charge is -2.26. The molecule has 1 heterocycles. The van der Waals surface area contributed by atoms with Gasteiger partial charge in [-0.25, -0.2) is 13.2 Å². The molecule has 2 aromatic carbocycles. The van der Waals surface area contributed by atoms with Crippen LogP contribution in [0.3, 0.4) is 0 Å². The Bertz CT molecular complexity index is 1000. The number of aryl methyl sites for hydroxylation is 1. The third-order valence-corrected chi connectivity index (χ3v) is 6.59. The van der Waals surface area contributed by atoms with Gasteiger partial charge in [-0.1, -0.05) is 41.4 Å². The lowest BCUT2D eigenvalue weighted by atomic mass is 10.1. The number of hydrogen-bond acceptors (Lipinski definition) is 4. The van der Waals surface area contributed by atoms with Crippen molar-refractivity contribution in [2.45, 2.75) is 11.8 Å². The normalized spacial score (nSPS) is 15.4. The molecular weight excluding hydrogens is 414 g/mol. The highest BCUT2D eigenvalue weighted by Gasteiger charge is 2.27. The molecule has 9 heteroatoms. The zero-order valence-electron chi connectivity index (χ0n) is 15.9. The molecule has 0 unspecified atom stereocenters. The smallest absolute Gasteiger partial charge is 0.323 e. The number of amides is 2. The van der Waals surface area contributed by atoms with Crippen LogP contribution in [0, 0.1) is 6.92 Å². The third kappa shape index (κ3) is 5.57. The van der Waals surface area contributed by atoms with Crippen molar-refractivity contribution in [3.05, 3.63) is 64.8 Å². The second-order valence-electron chi connectivity index (χ2n) is 6.50. The Hall–Kier alpha value is -2.39. The Morgan fingerprint density at radius 1 is 1.14 bits per heavy atom. The summed E-state index contributed by atoms with van der Waals surface area (Å²) in [6.45, 7) is 3.29. The van der Waals surface area contributed by atoms with E-state index in [1.54, 1.807) is 6.08 Å². The van der Waals surface area contributed by atoms with Crippen LogP contribution in [-0.2, 0) is 14.8 Å². The van der Waals surface area contributed by atoms with Crippen LogP contribution in [0.15, 0.2) is 53.6 Å². The van der Waals surface area contributed by atoms with E-state index in [2.05, 4.69) is 10.6 Å². The number of urea groups is 1. The van der Waals surface area contributed by atoms with Gasteiger partial charge in [0.25, 0.3) is 0 Å². The molecule has 1 aliphatic rings. The zero-order valence-corrected chi connectivity index (χ0v) is 17.5. The quantitative estimate of drug-likeness (QED) is 0.752. The van der Waals surface area contributed by atoms with Gasteiger partial charge in [-0.2, -0.15) is 4.31 Å². The Kier molecular flexibility index (Phi) is 6.92. The number of carbonyl (C=O) groups is 1. The molecule has 2 aromatic rings. The van der Waals surface area contributed by atoms with Crippen molar-refractivity contribution >= 4 is 39.4 Å². The number of sulfonamides is 1. The second kappa shape index (κ2) is 9.41. The fraction of sp³-hybridized carbons (Fsp3) is 0.250. The monoisotopic (exact) mass is 435 g/mol. The first-order valence-corrected chi connectivity index (χ1v) is 10.9. The SMILES string of the molecule is Cc1ccc(/C=C/NC(=O)Nc2cc(S(=O)(=O)N3CCOCC3)ccc2Cl)cc1. The lowest BCUT2D eigenvalue weighted by molar-refractivity contribution is 0.0730. The van der Waals surface area contributed by atoms with Crippen LogP contribution < -0.4 is 10.6 Å². The Morgan fingerprint density at radius 2 is 1.83 bits per heavy atom. The van der Waals surface area contributed by atoms with Crippen molar-refractivity contribution in [3.63, 3.8) is 0 Å². The van der Waals surface area contributed by atoms with E-state index in [0.717, 1.165) is 11.1 Å².